The second-order valence-corrected chi connectivity index (χ2v) is 22.1. The summed E-state index contributed by atoms with van der Waals surface area (Å²) in [5.74, 6) is 0.455. The Morgan fingerprint density at radius 1 is 0.885 bits per heavy atom. The molecule has 2 N–H and O–H groups in total. The Hall–Kier alpha value is -3.50. The maximum atomic E-state index is 15.7. The standard InChI is InChI=1S/C51H64F3NO6/c1-31-8-7-16-46(4)41(39-14-12-32(23-38(56)13-11-31)24-40(39)42(57)36-9-6-10-37(25-36)51(52,53)54)15-17-49(46,60)30-55(29-48-26-33-20-34(27-48)22-35(21-33)28-48)43(58)50-19-18-47(5,44(59)61-50)45(50,2)3/h6,8-10,12,14,24-25,33-35,38,41,56,60H,7,11,13,15-23,26-30H2,1-5H3/t33?,34?,35?,38-,41-,46-,47-,48?,49+,50+/m0/s1. The number of carbonyl (C=O) groups is 3. The van der Waals surface area contributed by atoms with Crippen LogP contribution in [-0.4, -0.2) is 63.2 Å². The monoisotopic (exact) mass is 843 g/mol. The predicted molar refractivity (Wildman–Crippen MR) is 225 cm³/mol. The molecule has 0 aromatic heterocycles. The Kier molecular flexibility index (Phi) is 10.2. The van der Waals surface area contributed by atoms with Gasteiger partial charge in [0, 0.05) is 28.5 Å². The molecular weight excluding hydrogens is 780 g/mol. The number of rotatable bonds is 7. The third-order valence-corrected chi connectivity index (χ3v) is 18.2. The molecule has 2 aromatic carbocycles. The minimum atomic E-state index is -4.63. The Bertz CT molecular complexity index is 2120. The SMILES string of the molecule is CC1=CCC[C@@]2(C)[C@@H](CC[C@@]2(O)CN(CC23CC4CC(CC(C4)C2)C3)C(=O)[C@@]23CC[C@@](C)(C(=O)O2)C3(C)C)c2ccc(cc2C(=O)c2cccc(C(F)(F)F)c2)C[C@@H](O)CC1. The number of hydrogen-bond acceptors (Lipinski definition) is 6. The van der Waals surface area contributed by atoms with E-state index in [0.717, 1.165) is 37.0 Å². The molecule has 0 spiro atoms. The highest BCUT2D eigenvalue weighted by atomic mass is 19.4. The highest BCUT2D eigenvalue weighted by molar-refractivity contribution is 6.10. The van der Waals surface area contributed by atoms with Gasteiger partial charge in [-0.25, -0.2) is 0 Å². The van der Waals surface area contributed by atoms with Gasteiger partial charge < -0.3 is 19.8 Å². The van der Waals surface area contributed by atoms with E-state index in [2.05, 4.69) is 19.9 Å². The van der Waals surface area contributed by atoms with E-state index in [1.807, 2.05) is 37.8 Å². The smallest absolute Gasteiger partial charge is 0.416 e. The van der Waals surface area contributed by atoms with E-state index in [-0.39, 0.29) is 47.3 Å². The number of alkyl halides is 3. The van der Waals surface area contributed by atoms with Gasteiger partial charge in [-0.1, -0.05) is 56.7 Å². The lowest BCUT2D eigenvalue weighted by atomic mass is 9.49. The Balaban J connectivity index is 1.14. The number of ether oxygens (including phenoxy) is 1. The van der Waals surface area contributed by atoms with Crippen LogP contribution in [-0.2, 0) is 26.9 Å². The zero-order valence-electron chi connectivity index (χ0n) is 36.6. The van der Waals surface area contributed by atoms with Gasteiger partial charge >= 0.3 is 12.1 Å². The van der Waals surface area contributed by atoms with Crippen molar-refractivity contribution in [2.24, 2.45) is 39.4 Å². The summed E-state index contributed by atoms with van der Waals surface area (Å²) in [6.07, 6.45) is 8.20. The number of ketones is 1. The molecule has 2 aromatic rings. The molecule has 330 valence electrons. The molecule has 0 radical (unpaired) electrons. The zero-order valence-corrected chi connectivity index (χ0v) is 36.6. The van der Waals surface area contributed by atoms with Crippen LogP contribution in [0.4, 0.5) is 13.2 Å². The van der Waals surface area contributed by atoms with Crippen LogP contribution in [0.5, 0.6) is 0 Å². The van der Waals surface area contributed by atoms with E-state index in [0.29, 0.717) is 86.8 Å². The molecule has 1 aliphatic heterocycles. The molecule has 6 saturated carbocycles. The summed E-state index contributed by atoms with van der Waals surface area (Å²) < 4.78 is 48.1. The minimum Gasteiger partial charge on any atom is -0.448 e. The van der Waals surface area contributed by atoms with Gasteiger partial charge in [0.1, 0.15) is 0 Å². The van der Waals surface area contributed by atoms with Gasteiger partial charge in [0.25, 0.3) is 5.91 Å². The number of hydrogen-bond donors (Lipinski definition) is 2. The molecule has 8 bridgehead atoms. The van der Waals surface area contributed by atoms with Gasteiger partial charge in [-0.2, -0.15) is 13.2 Å². The molecule has 9 aliphatic rings. The van der Waals surface area contributed by atoms with E-state index < -0.39 is 51.1 Å². The van der Waals surface area contributed by atoms with Gasteiger partial charge in [0.2, 0.25) is 0 Å². The van der Waals surface area contributed by atoms with Crippen molar-refractivity contribution in [3.63, 3.8) is 0 Å². The molecule has 6 atom stereocenters. The Morgan fingerprint density at radius 2 is 1.57 bits per heavy atom. The van der Waals surface area contributed by atoms with Gasteiger partial charge in [0.15, 0.2) is 11.4 Å². The van der Waals surface area contributed by atoms with E-state index in [1.54, 1.807) is 6.07 Å². The van der Waals surface area contributed by atoms with Crippen molar-refractivity contribution in [3.05, 3.63) is 81.9 Å². The minimum absolute atomic E-state index is 0.0521. The summed E-state index contributed by atoms with van der Waals surface area (Å²) in [5, 5.41) is 24.7. The fourth-order valence-corrected chi connectivity index (χ4v) is 14.6. The van der Waals surface area contributed by atoms with Crippen LogP contribution in [0.1, 0.15) is 163 Å². The van der Waals surface area contributed by atoms with Crippen LogP contribution in [0.3, 0.4) is 0 Å². The fraction of sp³-hybridized carbons (Fsp3) is 0.667. The van der Waals surface area contributed by atoms with Crippen molar-refractivity contribution in [2.75, 3.05) is 13.1 Å². The zero-order chi connectivity index (χ0) is 43.5. The summed E-state index contributed by atoms with van der Waals surface area (Å²) >= 11 is 0. The first-order valence-electron chi connectivity index (χ1n) is 23.0. The van der Waals surface area contributed by atoms with E-state index in [4.69, 9.17) is 4.74 Å². The fourth-order valence-electron chi connectivity index (χ4n) is 14.6. The highest BCUT2D eigenvalue weighted by Gasteiger charge is 2.76. The number of allylic oxidation sites excluding steroid dienone is 2. The molecule has 10 heteroatoms. The molecule has 1 heterocycles. The normalized spacial score (nSPS) is 38.8. The van der Waals surface area contributed by atoms with Crippen molar-refractivity contribution in [1.82, 2.24) is 4.90 Å². The number of nitrogens with zero attached hydrogens (tertiary/aromatic N) is 1. The first kappa shape index (κ1) is 42.8. The molecule has 7 nitrogen and oxygen atoms in total. The number of aliphatic hydroxyl groups is 2. The molecule has 7 fully saturated rings. The van der Waals surface area contributed by atoms with Crippen molar-refractivity contribution >= 4 is 17.7 Å². The van der Waals surface area contributed by atoms with Crippen LogP contribution in [0.2, 0.25) is 0 Å². The maximum Gasteiger partial charge on any atom is 0.416 e. The van der Waals surface area contributed by atoms with Crippen molar-refractivity contribution < 1.29 is 42.5 Å². The third-order valence-electron chi connectivity index (χ3n) is 18.2. The van der Waals surface area contributed by atoms with Gasteiger partial charge in [0.05, 0.1) is 29.2 Å². The van der Waals surface area contributed by atoms with Crippen LogP contribution in [0.25, 0.3) is 0 Å². The highest BCUT2D eigenvalue weighted by Crippen LogP contribution is 2.67. The lowest BCUT2D eigenvalue weighted by molar-refractivity contribution is -0.181. The molecule has 11 rings (SSSR count). The number of benzene rings is 2. The summed E-state index contributed by atoms with van der Waals surface area (Å²) in [6, 6.07) is 10.1. The third kappa shape index (κ3) is 6.77. The first-order chi connectivity index (χ1) is 28.6. The molecule has 0 unspecified atom stereocenters. The average molecular weight is 844 g/mol. The van der Waals surface area contributed by atoms with Gasteiger partial charge in [-0.3, -0.25) is 14.4 Å². The topological polar surface area (TPSA) is 104 Å². The summed E-state index contributed by atoms with van der Waals surface area (Å²) in [6.45, 7) is 10.6. The summed E-state index contributed by atoms with van der Waals surface area (Å²) in [5.41, 5.74) is -3.48. The number of fused-ring (bicyclic) bond motifs is 10. The quantitative estimate of drug-likeness (QED) is 0.163. The van der Waals surface area contributed by atoms with Crippen LogP contribution < -0.4 is 0 Å². The van der Waals surface area contributed by atoms with Crippen LogP contribution >= 0.6 is 0 Å². The maximum absolute atomic E-state index is 15.7. The molecular formula is C51H64F3NO6. The van der Waals surface area contributed by atoms with E-state index in [1.165, 1.54) is 31.4 Å². The first-order valence-corrected chi connectivity index (χ1v) is 23.0. The second kappa shape index (κ2) is 14.5. The van der Waals surface area contributed by atoms with Crippen molar-refractivity contribution in [1.29, 1.82) is 0 Å². The van der Waals surface area contributed by atoms with Crippen molar-refractivity contribution in [2.45, 2.75) is 160 Å². The number of halogens is 3. The lowest BCUT2D eigenvalue weighted by Gasteiger charge is -2.58. The van der Waals surface area contributed by atoms with E-state index in [9.17, 15) is 33.0 Å². The molecule has 61 heavy (non-hydrogen) atoms. The number of carbonyl (C=O) groups excluding carboxylic acids is 3. The Morgan fingerprint density at radius 3 is 2.20 bits per heavy atom. The summed E-state index contributed by atoms with van der Waals surface area (Å²) in [7, 11) is 0. The molecule has 8 aliphatic carbocycles. The van der Waals surface area contributed by atoms with Crippen molar-refractivity contribution in [3.8, 4) is 0 Å². The van der Waals surface area contributed by atoms with Gasteiger partial charge in [-0.15, -0.1) is 0 Å². The van der Waals surface area contributed by atoms with Crippen LogP contribution in [0.15, 0.2) is 54.1 Å². The number of amides is 1. The van der Waals surface area contributed by atoms with E-state index >= 15 is 4.79 Å². The predicted octanol–water partition coefficient (Wildman–Crippen LogP) is 10.1. The molecule has 1 saturated heterocycles. The number of esters is 1. The molecule has 1 amide bonds. The summed E-state index contributed by atoms with van der Waals surface area (Å²) in [4.78, 5) is 45.8. The van der Waals surface area contributed by atoms with Gasteiger partial charge in [-0.05, 0) is 169 Å². The lowest BCUT2D eigenvalue weighted by Crippen LogP contribution is -2.63. The average Bonchev–Trinajstić information content (AvgIpc) is 3.62. The Labute approximate surface area is 358 Å². The largest absolute Gasteiger partial charge is 0.448 e. The second-order valence-electron chi connectivity index (χ2n) is 22.1. The van der Waals surface area contributed by atoms with Crippen LogP contribution in [0, 0.1) is 39.4 Å². The number of aliphatic hydroxyl groups excluding tert-OH is 1.